The van der Waals surface area contributed by atoms with Crippen LogP contribution in [0.5, 0.6) is 0 Å². The smallest absolute Gasteiger partial charge is 0.110 e. The number of nitrogens with zero attached hydrogens (tertiary/aromatic N) is 2. The van der Waals surface area contributed by atoms with Gasteiger partial charge in [0.05, 0.1) is 11.4 Å². The second-order valence-electron chi connectivity index (χ2n) is 3.15. The molecular weight excluding hydrogens is 266 g/mol. The van der Waals surface area contributed by atoms with Crippen molar-refractivity contribution in [3.63, 3.8) is 0 Å². The van der Waals surface area contributed by atoms with Gasteiger partial charge in [-0.2, -0.15) is 5.11 Å². The molecule has 0 bridgehead atoms. The number of rotatable bonds is 3. The number of benzene rings is 2. The Labute approximate surface area is 103 Å². The molecule has 3 nitrogen and oxygen atoms in total. The van der Waals surface area contributed by atoms with Gasteiger partial charge in [0.25, 0.3) is 0 Å². The average Bonchev–Trinajstić information content (AvgIpc) is 2.38. The van der Waals surface area contributed by atoms with Crippen molar-refractivity contribution in [3.8, 4) is 0 Å². The van der Waals surface area contributed by atoms with Crippen LogP contribution in [0.3, 0.4) is 0 Å². The minimum atomic E-state index is 0.795. The van der Waals surface area contributed by atoms with Gasteiger partial charge in [-0.25, -0.2) is 0 Å². The van der Waals surface area contributed by atoms with Gasteiger partial charge in [-0.15, -0.1) is 5.11 Å². The van der Waals surface area contributed by atoms with Crippen LogP contribution in [-0.2, 0) is 0 Å². The minimum Gasteiger partial charge on any atom is -0.320 e. The third-order valence-electron chi connectivity index (χ3n) is 2.04. The van der Waals surface area contributed by atoms with Crippen molar-refractivity contribution in [2.45, 2.75) is 0 Å². The van der Waals surface area contributed by atoms with Crippen LogP contribution in [-0.4, -0.2) is 0 Å². The van der Waals surface area contributed by atoms with Crippen molar-refractivity contribution in [2.24, 2.45) is 10.2 Å². The lowest BCUT2D eigenvalue weighted by molar-refractivity contribution is 1.23. The molecule has 2 rings (SSSR count). The van der Waals surface area contributed by atoms with Gasteiger partial charge in [-0.05, 0) is 24.3 Å². The fourth-order valence-electron chi connectivity index (χ4n) is 1.25. The molecule has 1 N–H and O–H groups in total. The lowest BCUT2D eigenvalue weighted by Gasteiger charge is -2.00. The lowest BCUT2D eigenvalue weighted by atomic mass is 10.3. The monoisotopic (exact) mass is 275 g/mol. The Bertz CT molecular complexity index is 483. The van der Waals surface area contributed by atoms with Gasteiger partial charge in [0.1, 0.15) is 5.69 Å². The maximum absolute atomic E-state index is 4.18. The van der Waals surface area contributed by atoms with Gasteiger partial charge in [-0.3, -0.25) is 0 Å². The Balaban J connectivity index is 2.24. The molecule has 16 heavy (non-hydrogen) atoms. The average molecular weight is 276 g/mol. The Morgan fingerprint density at radius 1 is 0.812 bits per heavy atom. The van der Waals surface area contributed by atoms with Crippen LogP contribution in [0, 0.1) is 0 Å². The van der Waals surface area contributed by atoms with E-state index in [1.165, 1.54) is 0 Å². The number of halogens is 1. The Kier molecular flexibility index (Phi) is 3.66. The number of para-hydroxylation sites is 1. The van der Waals surface area contributed by atoms with Crippen LogP contribution in [0.25, 0.3) is 0 Å². The molecule has 0 heterocycles. The number of anilines is 1. The largest absolute Gasteiger partial charge is 0.320 e. The summed E-state index contributed by atoms with van der Waals surface area (Å²) in [5.74, 6) is 0. The normalized spacial score (nSPS) is 10.6. The van der Waals surface area contributed by atoms with Crippen LogP contribution in [0.15, 0.2) is 64.8 Å². The van der Waals surface area contributed by atoms with Crippen molar-refractivity contribution in [1.82, 2.24) is 0 Å². The van der Waals surface area contributed by atoms with Gasteiger partial charge in [0.2, 0.25) is 0 Å². The molecule has 0 radical (unpaired) electrons. The lowest BCUT2D eigenvalue weighted by Crippen LogP contribution is -1.78. The molecule has 0 aliphatic heterocycles. The predicted octanol–water partition coefficient (Wildman–Crippen LogP) is 4.82. The minimum absolute atomic E-state index is 0.795. The SMILES string of the molecule is BrNc1ccccc1N=Nc1ccccc1. The van der Waals surface area contributed by atoms with E-state index in [2.05, 4.69) is 30.7 Å². The molecule has 0 atom stereocenters. The van der Waals surface area contributed by atoms with Crippen LogP contribution >= 0.6 is 16.1 Å². The number of hydrogen-bond acceptors (Lipinski definition) is 3. The molecule has 0 spiro atoms. The zero-order valence-corrected chi connectivity index (χ0v) is 10.1. The molecule has 0 aromatic heterocycles. The quantitative estimate of drug-likeness (QED) is 0.633. The molecule has 2 aromatic carbocycles. The molecular formula is C12H10BrN3. The van der Waals surface area contributed by atoms with Crippen molar-refractivity contribution in [1.29, 1.82) is 0 Å². The summed E-state index contributed by atoms with van der Waals surface area (Å²) in [6.07, 6.45) is 0. The fourth-order valence-corrected chi connectivity index (χ4v) is 1.58. The summed E-state index contributed by atoms with van der Waals surface area (Å²) < 4.78 is 2.89. The summed E-state index contributed by atoms with van der Waals surface area (Å²) in [7, 11) is 0. The molecule has 0 aliphatic rings. The predicted molar refractivity (Wildman–Crippen MR) is 69.6 cm³/mol. The van der Waals surface area contributed by atoms with Crippen molar-refractivity contribution in [2.75, 3.05) is 4.34 Å². The summed E-state index contributed by atoms with van der Waals surface area (Å²) in [4.78, 5) is 0. The fraction of sp³-hybridized carbons (Fsp3) is 0. The molecule has 2 aromatic rings. The highest BCUT2D eigenvalue weighted by atomic mass is 79.9. The highest BCUT2D eigenvalue weighted by Crippen LogP contribution is 2.27. The molecule has 0 fully saturated rings. The zero-order valence-electron chi connectivity index (χ0n) is 8.47. The van der Waals surface area contributed by atoms with Crippen LogP contribution < -0.4 is 4.34 Å². The summed E-state index contributed by atoms with van der Waals surface area (Å²) in [5, 5.41) is 8.33. The number of azo groups is 1. The first-order chi connectivity index (χ1) is 7.90. The van der Waals surface area contributed by atoms with E-state index in [1.54, 1.807) is 0 Å². The Morgan fingerprint density at radius 3 is 2.25 bits per heavy atom. The van der Waals surface area contributed by atoms with E-state index >= 15 is 0 Å². The van der Waals surface area contributed by atoms with E-state index in [9.17, 15) is 0 Å². The first-order valence-electron chi connectivity index (χ1n) is 4.82. The summed E-state index contributed by atoms with van der Waals surface area (Å²) >= 11 is 3.18. The van der Waals surface area contributed by atoms with Crippen LogP contribution in [0.4, 0.5) is 17.1 Å². The van der Waals surface area contributed by atoms with E-state index in [4.69, 9.17) is 0 Å². The van der Waals surface area contributed by atoms with Crippen LogP contribution in [0.2, 0.25) is 0 Å². The van der Waals surface area contributed by atoms with Crippen molar-refractivity contribution < 1.29 is 0 Å². The zero-order chi connectivity index (χ0) is 11.2. The molecule has 0 saturated heterocycles. The summed E-state index contributed by atoms with van der Waals surface area (Å²) in [6, 6.07) is 17.3. The maximum Gasteiger partial charge on any atom is 0.110 e. The van der Waals surface area contributed by atoms with Crippen molar-refractivity contribution >= 4 is 33.2 Å². The van der Waals surface area contributed by atoms with E-state index in [0.29, 0.717) is 0 Å². The summed E-state index contributed by atoms with van der Waals surface area (Å²) in [6.45, 7) is 0. The third-order valence-corrected chi connectivity index (χ3v) is 2.46. The van der Waals surface area contributed by atoms with E-state index in [0.717, 1.165) is 17.1 Å². The second-order valence-corrected chi connectivity index (χ2v) is 3.54. The van der Waals surface area contributed by atoms with E-state index in [-0.39, 0.29) is 0 Å². The van der Waals surface area contributed by atoms with Gasteiger partial charge in [0.15, 0.2) is 0 Å². The third kappa shape index (κ3) is 2.67. The van der Waals surface area contributed by atoms with Gasteiger partial charge < -0.3 is 4.34 Å². The highest BCUT2D eigenvalue weighted by Gasteiger charge is 1.97. The van der Waals surface area contributed by atoms with Gasteiger partial charge in [0, 0.05) is 16.1 Å². The molecule has 0 amide bonds. The van der Waals surface area contributed by atoms with E-state index < -0.39 is 0 Å². The number of hydrogen-bond donors (Lipinski definition) is 1. The Hall–Kier alpha value is -1.68. The molecule has 80 valence electrons. The maximum atomic E-state index is 4.18. The molecule has 0 unspecified atom stereocenters. The number of nitrogens with one attached hydrogen (secondary N) is 1. The second kappa shape index (κ2) is 5.42. The first kappa shape index (κ1) is 10.8. The van der Waals surface area contributed by atoms with Crippen LogP contribution in [0.1, 0.15) is 0 Å². The molecule has 4 heteroatoms. The first-order valence-corrected chi connectivity index (χ1v) is 5.62. The van der Waals surface area contributed by atoms with Gasteiger partial charge >= 0.3 is 0 Å². The standard InChI is InChI=1S/C12H10BrN3/c13-14-11-8-4-5-9-12(11)16-15-10-6-2-1-3-7-10/h1-9,14H. The topological polar surface area (TPSA) is 36.8 Å². The van der Waals surface area contributed by atoms with E-state index in [1.807, 2.05) is 54.6 Å². The van der Waals surface area contributed by atoms with Gasteiger partial charge in [-0.1, -0.05) is 30.3 Å². The molecule has 0 saturated carbocycles. The highest BCUT2D eigenvalue weighted by molar-refractivity contribution is 9.10. The van der Waals surface area contributed by atoms with Crippen molar-refractivity contribution in [3.05, 3.63) is 54.6 Å². The summed E-state index contributed by atoms with van der Waals surface area (Å²) in [5.41, 5.74) is 2.53. The Morgan fingerprint density at radius 2 is 1.50 bits per heavy atom. The molecule has 0 aliphatic carbocycles.